The molecule has 1 aliphatic rings. The van der Waals surface area contributed by atoms with Crippen LogP contribution in [0.3, 0.4) is 0 Å². The van der Waals surface area contributed by atoms with E-state index in [-0.39, 0.29) is 29.7 Å². The summed E-state index contributed by atoms with van der Waals surface area (Å²) in [5, 5.41) is 0.154. The number of amides is 1. The van der Waals surface area contributed by atoms with Crippen molar-refractivity contribution in [2.24, 2.45) is 0 Å². The van der Waals surface area contributed by atoms with Crippen molar-refractivity contribution >= 4 is 28.7 Å². The number of carbonyl (C=O) groups is 1. The van der Waals surface area contributed by atoms with Crippen LogP contribution >= 0.6 is 11.8 Å². The zero-order valence-electron chi connectivity index (χ0n) is 14.7. The van der Waals surface area contributed by atoms with E-state index in [4.69, 9.17) is 4.42 Å². The van der Waals surface area contributed by atoms with Gasteiger partial charge in [-0.05, 0) is 55.8 Å². The lowest BCUT2D eigenvalue weighted by atomic mass is 10.2. The minimum absolute atomic E-state index is 0.0306. The monoisotopic (exact) mass is 391 g/mol. The molecular weight excluding hydrogens is 372 g/mol. The average molecular weight is 391 g/mol. The number of benzene rings is 1. The number of hydrogen-bond donors (Lipinski definition) is 0. The smallest absolute Gasteiger partial charge is 0.291 e. The van der Waals surface area contributed by atoms with E-state index >= 15 is 0 Å². The van der Waals surface area contributed by atoms with Crippen LogP contribution in [0.5, 0.6) is 0 Å². The van der Waals surface area contributed by atoms with Crippen LogP contribution in [0.15, 0.2) is 52.2 Å². The van der Waals surface area contributed by atoms with Crippen LogP contribution in [0.1, 0.15) is 31.6 Å². The molecule has 2 aromatic heterocycles. The number of furan rings is 1. The predicted octanol–water partition coefficient (Wildman–Crippen LogP) is 4.70. The van der Waals surface area contributed by atoms with Gasteiger partial charge < -0.3 is 13.9 Å². The number of fused-ring (bicyclic) bond motifs is 1. The van der Waals surface area contributed by atoms with E-state index in [1.54, 1.807) is 35.1 Å². The molecular formula is C19H19F2N3O2S. The standard InChI is InChI=1S/C19H19F2N3O2S/c1-12(16-7-4-10-26-16)24(13-8-9-13)17(25)11-23-15-6-3-2-5-14(15)22-19(23)27-18(20)21/h2-7,10,12-13,18H,8-9,11H2,1H3. The van der Waals surface area contributed by atoms with E-state index in [0.29, 0.717) is 28.6 Å². The molecule has 0 radical (unpaired) electrons. The second-order valence-corrected chi connectivity index (χ2v) is 7.53. The minimum atomic E-state index is -2.60. The van der Waals surface area contributed by atoms with Gasteiger partial charge in [0.05, 0.1) is 23.3 Å². The number of alkyl halides is 2. The zero-order chi connectivity index (χ0) is 19.0. The summed E-state index contributed by atoms with van der Waals surface area (Å²) in [6, 6.07) is 10.8. The average Bonchev–Trinajstić information content (AvgIpc) is 3.18. The number of aromatic nitrogens is 2. The van der Waals surface area contributed by atoms with Crippen LogP contribution < -0.4 is 0 Å². The van der Waals surface area contributed by atoms with Crippen molar-refractivity contribution in [2.75, 3.05) is 0 Å². The molecule has 1 saturated carbocycles. The quantitative estimate of drug-likeness (QED) is 0.548. The van der Waals surface area contributed by atoms with Crippen LogP contribution in [0.2, 0.25) is 0 Å². The first-order chi connectivity index (χ1) is 13.0. The minimum Gasteiger partial charge on any atom is -0.467 e. The summed E-state index contributed by atoms with van der Waals surface area (Å²) in [6.07, 6.45) is 3.47. The third-order valence-corrected chi connectivity index (χ3v) is 5.41. The Morgan fingerprint density at radius 2 is 2.11 bits per heavy atom. The molecule has 1 atom stereocenters. The number of nitrogens with zero attached hydrogens (tertiary/aromatic N) is 3. The number of rotatable bonds is 7. The molecule has 8 heteroatoms. The van der Waals surface area contributed by atoms with Crippen molar-refractivity contribution in [1.82, 2.24) is 14.5 Å². The lowest BCUT2D eigenvalue weighted by molar-refractivity contribution is -0.135. The first kappa shape index (κ1) is 18.0. The first-order valence-corrected chi connectivity index (χ1v) is 9.67. The van der Waals surface area contributed by atoms with Crippen LogP contribution in [-0.2, 0) is 11.3 Å². The van der Waals surface area contributed by atoms with Gasteiger partial charge in [0.1, 0.15) is 12.3 Å². The van der Waals surface area contributed by atoms with Crippen molar-refractivity contribution in [1.29, 1.82) is 0 Å². The Balaban J connectivity index is 1.65. The topological polar surface area (TPSA) is 51.3 Å². The molecule has 0 aliphatic heterocycles. The van der Waals surface area contributed by atoms with Gasteiger partial charge >= 0.3 is 0 Å². The summed E-state index contributed by atoms with van der Waals surface area (Å²) in [5.41, 5.74) is 1.28. The molecule has 0 bridgehead atoms. The van der Waals surface area contributed by atoms with Crippen LogP contribution in [0.4, 0.5) is 8.78 Å². The van der Waals surface area contributed by atoms with Crippen LogP contribution in [0.25, 0.3) is 11.0 Å². The first-order valence-electron chi connectivity index (χ1n) is 8.79. The molecule has 142 valence electrons. The molecule has 0 spiro atoms. The Bertz CT molecular complexity index is 938. The molecule has 0 saturated heterocycles. The maximum atomic E-state index is 13.1. The van der Waals surface area contributed by atoms with Crippen molar-refractivity contribution in [2.45, 2.75) is 49.3 Å². The molecule has 27 heavy (non-hydrogen) atoms. The normalized spacial score (nSPS) is 15.4. The number of para-hydroxylation sites is 2. The van der Waals surface area contributed by atoms with Gasteiger partial charge in [-0.2, -0.15) is 8.78 Å². The maximum absolute atomic E-state index is 13.1. The van der Waals surface area contributed by atoms with E-state index in [9.17, 15) is 13.6 Å². The number of thioether (sulfide) groups is 1. The SMILES string of the molecule is CC(c1ccco1)N(C(=O)Cn1c(SC(F)F)nc2ccccc21)C1CC1. The molecule has 1 aliphatic carbocycles. The highest BCUT2D eigenvalue weighted by Crippen LogP contribution is 2.35. The van der Waals surface area contributed by atoms with Crippen LogP contribution in [-0.4, -0.2) is 32.2 Å². The maximum Gasteiger partial charge on any atom is 0.291 e. The molecule has 4 rings (SSSR count). The number of imidazole rings is 1. The van der Waals surface area contributed by atoms with Crippen molar-refractivity contribution in [3.8, 4) is 0 Å². The van der Waals surface area contributed by atoms with E-state index in [2.05, 4.69) is 4.98 Å². The van der Waals surface area contributed by atoms with Gasteiger partial charge in [-0.15, -0.1) is 0 Å². The van der Waals surface area contributed by atoms with E-state index in [0.717, 1.165) is 12.8 Å². The Morgan fingerprint density at radius 1 is 1.33 bits per heavy atom. The van der Waals surface area contributed by atoms with Gasteiger partial charge in [-0.25, -0.2) is 4.98 Å². The fourth-order valence-corrected chi connectivity index (χ4v) is 3.95. The molecule has 5 nitrogen and oxygen atoms in total. The second kappa shape index (κ2) is 7.34. The highest BCUT2D eigenvalue weighted by Gasteiger charge is 2.37. The molecule has 1 fully saturated rings. The van der Waals surface area contributed by atoms with E-state index in [1.165, 1.54) is 0 Å². The summed E-state index contributed by atoms with van der Waals surface area (Å²) in [5.74, 6) is -2.01. The Morgan fingerprint density at radius 3 is 2.78 bits per heavy atom. The Labute approximate surface area is 159 Å². The molecule has 0 N–H and O–H groups in total. The van der Waals surface area contributed by atoms with Crippen molar-refractivity contribution in [3.05, 3.63) is 48.4 Å². The van der Waals surface area contributed by atoms with Gasteiger partial charge in [-0.3, -0.25) is 4.79 Å². The van der Waals surface area contributed by atoms with Gasteiger partial charge in [-0.1, -0.05) is 12.1 Å². The molecule has 1 unspecified atom stereocenters. The Hall–Kier alpha value is -2.35. The summed E-state index contributed by atoms with van der Waals surface area (Å²) < 4.78 is 33.0. The number of halogens is 2. The fraction of sp³-hybridized carbons (Fsp3) is 0.368. The highest BCUT2D eigenvalue weighted by atomic mass is 32.2. The van der Waals surface area contributed by atoms with E-state index in [1.807, 2.05) is 24.0 Å². The summed E-state index contributed by atoms with van der Waals surface area (Å²) in [7, 11) is 0. The Kier molecular flexibility index (Phi) is 4.90. The van der Waals surface area contributed by atoms with Gasteiger partial charge in [0, 0.05) is 6.04 Å². The number of hydrogen-bond acceptors (Lipinski definition) is 4. The third kappa shape index (κ3) is 3.71. The van der Waals surface area contributed by atoms with Gasteiger partial charge in [0.15, 0.2) is 5.16 Å². The van der Waals surface area contributed by atoms with Crippen molar-refractivity contribution in [3.63, 3.8) is 0 Å². The molecule has 3 aromatic rings. The largest absolute Gasteiger partial charge is 0.467 e. The molecule has 1 amide bonds. The molecule has 1 aromatic carbocycles. The van der Waals surface area contributed by atoms with Gasteiger partial charge in [0.2, 0.25) is 5.91 Å². The second-order valence-electron chi connectivity index (χ2n) is 6.57. The summed E-state index contributed by atoms with van der Waals surface area (Å²) in [6.45, 7) is 1.90. The number of carbonyl (C=O) groups excluding carboxylic acids is 1. The highest BCUT2D eigenvalue weighted by molar-refractivity contribution is 7.99. The fourth-order valence-electron chi connectivity index (χ4n) is 3.35. The lowest BCUT2D eigenvalue weighted by Gasteiger charge is -2.28. The predicted molar refractivity (Wildman–Crippen MR) is 98.6 cm³/mol. The van der Waals surface area contributed by atoms with Gasteiger partial charge in [0.25, 0.3) is 5.76 Å². The molecule has 2 heterocycles. The summed E-state index contributed by atoms with van der Waals surface area (Å²) in [4.78, 5) is 19.2. The van der Waals surface area contributed by atoms with Crippen molar-refractivity contribution < 1.29 is 18.0 Å². The van der Waals surface area contributed by atoms with Crippen LogP contribution in [0, 0.1) is 0 Å². The van der Waals surface area contributed by atoms with E-state index < -0.39 is 5.76 Å². The summed E-state index contributed by atoms with van der Waals surface area (Å²) >= 11 is 0.364. The lowest BCUT2D eigenvalue weighted by Crippen LogP contribution is -2.37. The zero-order valence-corrected chi connectivity index (χ0v) is 15.5. The third-order valence-electron chi connectivity index (χ3n) is 4.71.